The standard InChI is InChI=1S/C21H22ClN3O2/c1-14-4-6-16(7-5-14)20-12-18(24-27-20)21(26)23-13-19(25(2)3)15-8-10-17(22)11-9-15/h4-12,19H,13H2,1-3H3,(H,23,26)/t19-/m0/s1. The van der Waals surface area contributed by atoms with Gasteiger partial charge >= 0.3 is 0 Å². The largest absolute Gasteiger partial charge is 0.355 e. The van der Waals surface area contributed by atoms with Crippen LogP contribution in [-0.2, 0) is 0 Å². The van der Waals surface area contributed by atoms with Gasteiger partial charge in [0.1, 0.15) is 0 Å². The van der Waals surface area contributed by atoms with Crippen molar-refractivity contribution in [2.75, 3.05) is 20.6 Å². The lowest BCUT2D eigenvalue weighted by Gasteiger charge is -2.25. The molecule has 6 heteroatoms. The van der Waals surface area contributed by atoms with Crippen molar-refractivity contribution in [3.8, 4) is 11.3 Å². The molecule has 140 valence electrons. The van der Waals surface area contributed by atoms with E-state index < -0.39 is 0 Å². The summed E-state index contributed by atoms with van der Waals surface area (Å²) in [6, 6.07) is 17.2. The van der Waals surface area contributed by atoms with Crippen molar-refractivity contribution in [1.29, 1.82) is 0 Å². The lowest BCUT2D eigenvalue weighted by atomic mass is 10.1. The average Bonchev–Trinajstić information content (AvgIpc) is 3.14. The first-order chi connectivity index (χ1) is 12.9. The van der Waals surface area contributed by atoms with Crippen LogP contribution < -0.4 is 5.32 Å². The van der Waals surface area contributed by atoms with E-state index in [1.165, 1.54) is 0 Å². The Kier molecular flexibility index (Phi) is 5.94. The minimum atomic E-state index is -0.266. The van der Waals surface area contributed by atoms with Crippen LogP contribution in [0.3, 0.4) is 0 Å². The monoisotopic (exact) mass is 383 g/mol. The highest BCUT2D eigenvalue weighted by atomic mass is 35.5. The molecule has 5 nitrogen and oxygen atoms in total. The Bertz CT molecular complexity index is 902. The molecule has 2 aromatic carbocycles. The maximum Gasteiger partial charge on any atom is 0.273 e. The molecule has 3 rings (SSSR count). The molecule has 27 heavy (non-hydrogen) atoms. The van der Waals surface area contributed by atoms with Gasteiger partial charge in [-0.15, -0.1) is 0 Å². The average molecular weight is 384 g/mol. The number of halogens is 1. The number of carbonyl (C=O) groups excluding carboxylic acids is 1. The molecule has 0 radical (unpaired) electrons. The number of rotatable bonds is 6. The van der Waals surface area contributed by atoms with Crippen LogP contribution in [0.2, 0.25) is 5.02 Å². The third-order valence-electron chi connectivity index (χ3n) is 4.41. The topological polar surface area (TPSA) is 58.4 Å². The summed E-state index contributed by atoms with van der Waals surface area (Å²) in [6.07, 6.45) is 0. The van der Waals surface area contributed by atoms with Crippen molar-refractivity contribution in [1.82, 2.24) is 15.4 Å². The quantitative estimate of drug-likeness (QED) is 0.688. The molecular weight excluding hydrogens is 362 g/mol. The lowest BCUT2D eigenvalue weighted by Crippen LogP contribution is -2.34. The molecule has 1 N–H and O–H groups in total. The summed E-state index contributed by atoms with van der Waals surface area (Å²) in [4.78, 5) is 14.5. The number of hydrogen-bond acceptors (Lipinski definition) is 4. The fraction of sp³-hybridized carbons (Fsp3) is 0.238. The third-order valence-corrected chi connectivity index (χ3v) is 4.66. The maximum absolute atomic E-state index is 12.5. The van der Waals surface area contributed by atoms with Gasteiger partial charge in [-0.25, -0.2) is 0 Å². The van der Waals surface area contributed by atoms with E-state index in [4.69, 9.17) is 16.1 Å². The fourth-order valence-corrected chi connectivity index (χ4v) is 2.93. The lowest BCUT2D eigenvalue weighted by molar-refractivity contribution is 0.0933. The smallest absolute Gasteiger partial charge is 0.273 e. The Morgan fingerprint density at radius 1 is 1.15 bits per heavy atom. The van der Waals surface area contributed by atoms with Gasteiger partial charge in [0.05, 0.1) is 6.04 Å². The number of amides is 1. The summed E-state index contributed by atoms with van der Waals surface area (Å²) in [5, 5.41) is 7.52. The summed E-state index contributed by atoms with van der Waals surface area (Å²) >= 11 is 5.96. The SMILES string of the molecule is Cc1ccc(-c2cc(C(=O)NC[C@@H](c3ccc(Cl)cc3)N(C)C)no2)cc1. The van der Waals surface area contributed by atoms with Gasteiger partial charge in [-0.2, -0.15) is 0 Å². The molecule has 3 aromatic rings. The zero-order valence-corrected chi connectivity index (χ0v) is 16.3. The molecule has 1 aromatic heterocycles. The molecular formula is C21H22ClN3O2. The fourth-order valence-electron chi connectivity index (χ4n) is 2.80. The second kappa shape index (κ2) is 8.37. The van der Waals surface area contributed by atoms with Crippen LogP contribution in [0.15, 0.2) is 59.1 Å². The Hall–Kier alpha value is -2.63. The van der Waals surface area contributed by atoms with Gasteiger partial charge in [-0.1, -0.05) is 58.7 Å². The predicted octanol–water partition coefficient (Wildman–Crippen LogP) is 4.34. The highest BCUT2D eigenvalue weighted by Crippen LogP contribution is 2.22. The van der Waals surface area contributed by atoms with Gasteiger partial charge in [0.15, 0.2) is 11.5 Å². The van der Waals surface area contributed by atoms with Crippen molar-refractivity contribution in [2.24, 2.45) is 0 Å². The maximum atomic E-state index is 12.5. The van der Waals surface area contributed by atoms with Crippen molar-refractivity contribution in [3.05, 3.63) is 76.4 Å². The number of likely N-dealkylation sites (N-methyl/N-ethyl adjacent to an activating group) is 1. The second-order valence-electron chi connectivity index (χ2n) is 6.68. The number of aryl methyl sites for hydroxylation is 1. The number of carbonyl (C=O) groups is 1. The van der Waals surface area contributed by atoms with Crippen molar-refractivity contribution in [3.63, 3.8) is 0 Å². The molecule has 0 saturated carbocycles. The van der Waals surface area contributed by atoms with E-state index >= 15 is 0 Å². The summed E-state index contributed by atoms with van der Waals surface area (Å²) in [7, 11) is 3.94. The van der Waals surface area contributed by atoms with E-state index in [-0.39, 0.29) is 17.6 Å². The zero-order chi connectivity index (χ0) is 19.4. The molecule has 0 aliphatic heterocycles. The highest BCUT2D eigenvalue weighted by molar-refractivity contribution is 6.30. The van der Waals surface area contributed by atoms with Crippen LogP contribution in [0.4, 0.5) is 0 Å². The van der Waals surface area contributed by atoms with Gasteiger partial charge in [-0.3, -0.25) is 4.79 Å². The van der Waals surface area contributed by atoms with Crippen LogP contribution in [0.25, 0.3) is 11.3 Å². The van der Waals surface area contributed by atoms with Gasteiger partial charge in [-0.05, 0) is 38.7 Å². The molecule has 0 unspecified atom stereocenters. The summed E-state index contributed by atoms with van der Waals surface area (Å²) < 4.78 is 5.33. The number of nitrogens with one attached hydrogen (secondary N) is 1. The van der Waals surface area contributed by atoms with Crippen LogP contribution >= 0.6 is 11.6 Å². The number of benzene rings is 2. The predicted molar refractivity (Wildman–Crippen MR) is 107 cm³/mol. The van der Waals surface area contributed by atoms with Crippen LogP contribution in [0.1, 0.15) is 27.7 Å². The number of nitrogens with zero attached hydrogens (tertiary/aromatic N) is 2. The van der Waals surface area contributed by atoms with Gasteiger partial charge in [0.25, 0.3) is 5.91 Å². The first-order valence-corrected chi connectivity index (χ1v) is 9.05. The molecule has 0 spiro atoms. The van der Waals surface area contributed by atoms with E-state index in [0.717, 1.165) is 16.7 Å². The molecule has 0 saturated heterocycles. The molecule has 0 fully saturated rings. The molecule has 1 atom stereocenters. The summed E-state index contributed by atoms with van der Waals surface area (Å²) in [5.74, 6) is 0.305. The normalized spacial score (nSPS) is 12.2. The van der Waals surface area contributed by atoms with E-state index in [1.54, 1.807) is 6.07 Å². The summed E-state index contributed by atoms with van der Waals surface area (Å²) in [6.45, 7) is 2.46. The van der Waals surface area contributed by atoms with Gasteiger partial charge in [0, 0.05) is 23.2 Å². The molecule has 1 amide bonds. The Balaban J connectivity index is 1.67. The molecule has 0 aliphatic rings. The van der Waals surface area contributed by atoms with Crippen molar-refractivity contribution >= 4 is 17.5 Å². The van der Waals surface area contributed by atoms with E-state index in [0.29, 0.717) is 17.3 Å². The van der Waals surface area contributed by atoms with E-state index in [9.17, 15) is 4.79 Å². The minimum Gasteiger partial charge on any atom is -0.355 e. The van der Waals surface area contributed by atoms with Gasteiger partial charge < -0.3 is 14.7 Å². The van der Waals surface area contributed by atoms with Gasteiger partial charge in [0.2, 0.25) is 0 Å². The van der Waals surface area contributed by atoms with Crippen molar-refractivity contribution in [2.45, 2.75) is 13.0 Å². The summed E-state index contributed by atoms with van der Waals surface area (Å²) in [5.41, 5.74) is 3.39. The third kappa shape index (κ3) is 4.76. The first-order valence-electron chi connectivity index (χ1n) is 8.68. The molecule has 0 bridgehead atoms. The molecule has 0 aliphatic carbocycles. The Labute approximate surface area is 163 Å². The second-order valence-corrected chi connectivity index (χ2v) is 7.12. The number of aromatic nitrogens is 1. The highest BCUT2D eigenvalue weighted by Gasteiger charge is 2.18. The first kappa shape index (κ1) is 19.1. The zero-order valence-electron chi connectivity index (χ0n) is 15.6. The Morgan fingerprint density at radius 3 is 2.44 bits per heavy atom. The number of hydrogen-bond donors (Lipinski definition) is 1. The van der Waals surface area contributed by atoms with E-state index in [1.807, 2.05) is 74.4 Å². The van der Waals surface area contributed by atoms with E-state index in [2.05, 4.69) is 10.5 Å². The Morgan fingerprint density at radius 2 is 1.81 bits per heavy atom. The van der Waals surface area contributed by atoms with Crippen LogP contribution in [0, 0.1) is 6.92 Å². The van der Waals surface area contributed by atoms with Crippen molar-refractivity contribution < 1.29 is 9.32 Å². The minimum absolute atomic E-state index is 0.0229. The van der Waals surface area contributed by atoms with Crippen LogP contribution in [0.5, 0.6) is 0 Å². The molecule has 1 heterocycles. The van der Waals surface area contributed by atoms with Crippen LogP contribution in [-0.4, -0.2) is 36.6 Å².